The summed E-state index contributed by atoms with van der Waals surface area (Å²) in [5.41, 5.74) is 2.96. The molecule has 2 heterocycles. The average molecular weight is 423 g/mol. The largest absolute Gasteiger partial charge is 0.507 e. The molecule has 1 aromatic heterocycles. The number of H-pyrrole nitrogens is 1. The van der Waals surface area contributed by atoms with Crippen LogP contribution in [-0.4, -0.2) is 58.1 Å². The van der Waals surface area contributed by atoms with Crippen molar-refractivity contribution in [3.05, 3.63) is 59.3 Å². The summed E-state index contributed by atoms with van der Waals surface area (Å²) in [6.45, 7) is 2.75. The molecule has 0 aliphatic carbocycles. The second kappa shape index (κ2) is 8.69. The molecule has 162 valence electrons. The Hall–Kier alpha value is -3.52. The molecule has 2 aromatic carbocycles. The molecular weight excluding hydrogens is 398 g/mol. The topological polar surface area (TPSA) is 108 Å². The fourth-order valence-electron chi connectivity index (χ4n) is 4.02. The van der Waals surface area contributed by atoms with Crippen molar-refractivity contribution in [2.75, 3.05) is 26.9 Å². The standard InChI is InChI=1S/C23H25N3O5/c1-3-31-17-10-9-14(13-18(17)30-2)22-19-20(15-7-4-5-8-16(15)28)24-25-21(19)23(29)26(22)11-6-12-27/h4-5,7-10,13,22,27-28H,3,6,11-12H2,1-2H3,(H,24,25)/t22-/m0/s1. The van der Waals surface area contributed by atoms with Gasteiger partial charge in [0.25, 0.3) is 5.91 Å². The van der Waals surface area contributed by atoms with Crippen molar-refractivity contribution in [1.29, 1.82) is 0 Å². The predicted octanol–water partition coefficient (Wildman–Crippen LogP) is 3.12. The summed E-state index contributed by atoms with van der Waals surface area (Å²) in [4.78, 5) is 14.9. The summed E-state index contributed by atoms with van der Waals surface area (Å²) in [5.74, 6) is 1.07. The Morgan fingerprint density at radius 2 is 2.00 bits per heavy atom. The number of para-hydroxylation sites is 1. The van der Waals surface area contributed by atoms with Gasteiger partial charge in [0, 0.05) is 24.3 Å². The summed E-state index contributed by atoms with van der Waals surface area (Å²) < 4.78 is 11.1. The highest BCUT2D eigenvalue weighted by atomic mass is 16.5. The Kier molecular flexibility index (Phi) is 5.81. The van der Waals surface area contributed by atoms with E-state index in [0.29, 0.717) is 53.6 Å². The molecule has 1 amide bonds. The molecule has 1 aliphatic rings. The highest BCUT2D eigenvalue weighted by Gasteiger charge is 2.42. The van der Waals surface area contributed by atoms with Gasteiger partial charge in [-0.15, -0.1) is 0 Å². The molecule has 0 fully saturated rings. The van der Waals surface area contributed by atoms with Gasteiger partial charge in [-0.2, -0.15) is 5.10 Å². The van der Waals surface area contributed by atoms with Crippen LogP contribution < -0.4 is 9.47 Å². The maximum atomic E-state index is 13.2. The van der Waals surface area contributed by atoms with Gasteiger partial charge in [-0.3, -0.25) is 9.89 Å². The number of aliphatic hydroxyl groups excluding tert-OH is 1. The van der Waals surface area contributed by atoms with Crippen LogP contribution in [0.1, 0.15) is 41.0 Å². The normalized spacial score (nSPS) is 15.3. The van der Waals surface area contributed by atoms with Gasteiger partial charge < -0.3 is 24.6 Å². The van der Waals surface area contributed by atoms with Gasteiger partial charge in [-0.05, 0) is 43.2 Å². The number of fused-ring (bicyclic) bond motifs is 1. The third kappa shape index (κ3) is 3.59. The van der Waals surface area contributed by atoms with Crippen LogP contribution in [-0.2, 0) is 0 Å². The number of hydrogen-bond acceptors (Lipinski definition) is 6. The first-order valence-electron chi connectivity index (χ1n) is 10.2. The van der Waals surface area contributed by atoms with Gasteiger partial charge in [-0.1, -0.05) is 18.2 Å². The number of nitrogens with one attached hydrogen (secondary N) is 1. The van der Waals surface area contributed by atoms with Crippen LogP contribution in [0.25, 0.3) is 11.3 Å². The van der Waals surface area contributed by atoms with Crippen LogP contribution in [0, 0.1) is 0 Å². The molecule has 8 heteroatoms. The molecule has 4 rings (SSSR count). The highest BCUT2D eigenvalue weighted by molar-refractivity contribution is 6.00. The summed E-state index contributed by atoms with van der Waals surface area (Å²) in [6.07, 6.45) is 0.444. The van der Waals surface area contributed by atoms with E-state index in [1.165, 1.54) is 0 Å². The lowest BCUT2D eigenvalue weighted by Crippen LogP contribution is -2.31. The second-order valence-corrected chi connectivity index (χ2v) is 7.20. The number of aliphatic hydroxyl groups is 1. The van der Waals surface area contributed by atoms with Gasteiger partial charge >= 0.3 is 0 Å². The first-order valence-corrected chi connectivity index (χ1v) is 10.2. The van der Waals surface area contributed by atoms with E-state index < -0.39 is 6.04 Å². The van der Waals surface area contributed by atoms with Gasteiger partial charge in [0.2, 0.25) is 0 Å². The molecule has 0 bridgehead atoms. The summed E-state index contributed by atoms with van der Waals surface area (Å²) >= 11 is 0. The Labute approximate surface area is 180 Å². The minimum Gasteiger partial charge on any atom is -0.507 e. The molecule has 0 spiro atoms. The molecule has 3 aromatic rings. The van der Waals surface area contributed by atoms with E-state index in [4.69, 9.17) is 9.47 Å². The van der Waals surface area contributed by atoms with Crippen LogP contribution in [0.3, 0.4) is 0 Å². The third-order valence-corrected chi connectivity index (χ3v) is 5.38. The number of hydrogen-bond donors (Lipinski definition) is 3. The van der Waals surface area contributed by atoms with E-state index in [1.54, 1.807) is 30.2 Å². The van der Waals surface area contributed by atoms with Crippen molar-refractivity contribution in [3.63, 3.8) is 0 Å². The quantitative estimate of drug-likeness (QED) is 0.514. The number of benzene rings is 2. The molecule has 0 saturated carbocycles. The fraction of sp³-hybridized carbons (Fsp3) is 0.304. The summed E-state index contributed by atoms with van der Waals surface area (Å²) in [5, 5.41) is 27.0. The Bertz CT molecular complexity index is 1090. The van der Waals surface area contributed by atoms with E-state index in [-0.39, 0.29) is 18.3 Å². The van der Waals surface area contributed by atoms with Gasteiger partial charge in [0.1, 0.15) is 17.1 Å². The van der Waals surface area contributed by atoms with Crippen LogP contribution >= 0.6 is 0 Å². The number of aromatic amines is 1. The molecule has 1 atom stereocenters. The van der Waals surface area contributed by atoms with Crippen LogP contribution in [0.5, 0.6) is 17.2 Å². The monoisotopic (exact) mass is 423 g/mol. The lowest BCUT2D eigenvalue weighted by Gasteiger charge is -2.27. The lowest BCUT2D eigenvalue weighted by atomic mass is 9.95. The number of phenolic OH excluding ortho intramolecular Hbond substituents is 1. The zero-order chi connectivity index (χ0) is 22.0. The van der Waals surface area contributed by atoms with E-state index in [0.717, 1.165) is 5.56 Å². The minimum atomic E-state index is -0.452. The second-order valence-electron chi connectivity index (χ2n) is 7.20. The Balaban J connectivity index is 1.87. The SMILES string of the molecule is CCOc1ccc([C@H]2c3c(-c4ccccc4O)n[nH]c3C(=O)N2CCCO)cc1OC. The van der Waals surface area contributed by atoms with E-state index in [1.807, 2.05) is 31.2 Å². The highest BCUT2D eigenvalue weighted by Crippen LogP contribution is 2.45. The number of aromatic hydroxyl groups is 1. The smallest absolute Gasteiger partial charge is 0.273 e. The number of carbonyl (C=O) groups is 1. The van der Waals surface area contributed by atoms with E-state index >= 15 is 0 Å². The first kappa shape index (κ1) is 20.7. The maximum absolute atomic E-state index is 13.2. The number of aromatic nitrogens is 2. The van der Waals surface area contributed by atoms with Crippen LogP contribution in [0.2, 0.25) is 0 Å². The summed E-state index contributed by atoms with van der Waals surface area (Å²) in [6, 6.07) is 12.0. The molecule has 0 radical (unpaired) electrons. The van der Waals surface area contributed by atoms with Gasteiger partial charge in [0.15, 0.2) is 11.5 Å². The zero-order valence-corrected chi connectivity index (χ0v) is 17.5. The molecule has 3 N–H and O–H groups in total. The predicted molar refractivity (Wildman–Crippen MR) is 114 cm³/mol. The van der Waals surface area contributed by atoms with Crippen molar-refractivity contribution in [1.82, 2.24) is 15.1 Å². The fourth-order valence-corrected chi connectivity index (χ4v) is 4.02. The number of methoxy groups -OCH3 is 1. The summed E-state index contributed by atoms with van der Waals surface area (Å²) in [7, 11) is 1.57. The lowest BCUT2D eigenvalue weighted by molar-refractivity contribution is 0.0732. The molecule has 31 heavy (non-hydrogen) atoms. The van der Waals surface area contributed by atoms with Crippen molar-refractivity contribution in [2.24, 2.45) is 0 Å². The minimum absolute atomic E-state index is 0.0262. The van der Waals surface area contributed by atoms with Crippen molar-refractivity contribution < 1.29 is 24.5 Å². The molecule has 8 nitrogen and oxygen atoms in total. The van der Waals surface area contributed by atoms with E-state index in [2.05, 4.69) is 10.2 Å². The average Bonchev–Trinajstić information content (AvgIpc) is 3.32. The third-order valence-electron chi connectivity index (χ3n) is 5.38. The van der Waals surface area contributed by atoms with Crippen LogP contribution in [0.4, 0.5) is 0 Å². The van der Waals surface area contributed by atoms with Crippen molar-refractivity contribution in [3.8, 4) is 28.5 Å². The Morgan fingerprint density at radius 1 is 1.19 bits per heavy atom. The number of ether oxygens (including phenoxy) is 2. The molecule has 0 unspecified atom stereocenters. The van der Waals surface area contributed by atoms with E-state index in [9.17, 15) is 15.0 Å². The number of amides is 1. The Morgan fingerprint density at radius 3 is 2.71 bits per heavy atom. The zero-order valence-electron chi connectivity index (χ0n) is 17.5. The maximum Gasteiger partial charge on any atom is 0.273 e. The number of carbonyl (C=O) groups excluding carboxylic acids is 1. The van der Waals surface area contributed by atoms with Gasteiger partial charge in [0.05, 0.1) is 19.8 Å². The number of rotatable bonds is 8. The molecule has 0 saturated heterocycles. The van der Waals surface area contributed by atoms with Crippen molar-refractivity contribution in [2.45, 2.75) is 19.4 Å². The number of phenols is 1. The first-order chi connectivity index (χ1) is 15.1. The molecule has 1 aliphatic heterocycles. The number of nitrogens with zero attached hydrogens (tertiary/aromatic N) is 2. The van der Waals surface area contributed by atoms with Crippen molar-refractivity contribution >= 4 is 5.91 Å². The van der Waals surface area contributed by atoms with Gasteiger partial charge in [-0.25, -0.2) is 0 Å². The molecular formula is C23H25N3O5. The van der Waals surface area contributed by atoms with Crippen LogP contribution in [0.15, 0.2) is 42.5 Å².